The zero-order valence-corrected chi connectivity index (χ0v) is 9.75. The second kappa shape index (κ2) is 3.76. The highest BCUT2D eigenvalue weighted by molar-refractivity contribution is 6.66. The van der Waals surface area contributed by atoms with E-state index in [1.165, 1.54) is 18.2 Å². The Bertz CT molecular complexity index is 561. The van der Waals surface area contributed by atoms with Gasteiger partial charge >= 0.3 is 0 Å². The number of alkyl halides is 3. The SMILES string of the molecule is O=[N+]([O-])c1ccc2oc(C(Cl)(Cl)Cl)nc2c1. The number of non-ortho nitro benzene ring substituents is 1. The minimum absolute atomic E-state index is 0.100. The van der Waals surface area contributed by atoms with Crippen LogP contribution in [0.4, 0.5) is 5.69 Å². The van der Waals surface area contributed by atoms with Crippen molar-refractivity contribution in [3.63, 3.8) is 0 Å². The van der Waals surface area contributed by atoms with Gasteiger partial charge in [-0.3, -0.25) is 10.1 Å². The fraction of sp³-hybridized carbons (Fsp3) is 0.125. The standard InChI is InChI=1S/C8H3Cl3N2O3/c9-8(10,11)7-12-5-3-4(13(14)15)1-2-6(5)16-7/h1-3H. The zero-order chi connectivity index (χ0) is 11.9. The fourth-order valence-electron chi connectivity index (χ4n) is 1.15. The lowest BCUT2D eigenvalue weighted by Gasteiger charge is -2.02. The molecule has 0 aliphatic carbocycles. The van der Waals surface area contributed by atoms with Gasteiger partial charge in [0.15, 0.2) is 5.58 Å². The van der Waals surface area contributed by atoms with Crippen molar-refractivity contribution in [3.8, 4) is 0 Å². The smallest absolute Gasteiger partial charge is 0.271 e. The van der Waals surface area contributed by atoms with E-state index in [1.54, 1.807) is 0 Å². The minimum atomic E-state index is -1.78. The molecular weight excluding hydrogens is 278 g/mol. The Hall–Kier alpha value is -1.04. The molecule has 2 aromatic rings. The molecular formula is C8H3Cl3N2O3. The molecule has 8 heteroatoms. The largest absolute Gasteiger partial charge is 0.436 e. The predicted molar refractivity (Wildman–Crippen MR) is 59.9 cm³/mol. The van der Waals surface area contributed by atoms with E-state index in [0.29, 0.717) is 5.58 Å². The lowest BCUT2D eigenvalue weighted by molar-refractivity contribution is -0.384. The van der Waals surface area contributed by atoms with E-state index in [-0.39, 0.29) is 17.1 Å². The van der Waals surface area contributed by atoms with Crippen molar-refractivity contribution in [2.75, 3.05) is 0 Å². The number of nitro benzene ring substituents is 1. The summed E-state index contributed by atoms with van der Waals surface area (Å²) in [5.74, 6) is -0.118. The summed E-state index contributed by atoms with van der Waals surface area (Å²) in [6.07, 6.45) is 0. The summed E-state index contributed by atoms with van der Waals surface area (Å²) in [5.41, 5.74) is 0.499. The Morgan fingerprint density at radius 1 is 1.38 bits per heavy atom. The van der Waals surface area contributed by atoms with E-state index in [1.807, 2.05) is 0 Å². The molecule has 5 nitrogen and oxygen atoms in total. The highest BCUT2D eigenvalue weighted by Gasteiger charge is 2.30. The van der Waals surface area contributed by atoms with Crippen LogP contribution in [0.15, 0.2) is 22.6 Å². The Morgan fingerprint density at radius 3 is 2.62 bits per heavy atom. The molecule has 84 valence electrons. The fourth-order valence-corrected chi connectivity index (χ4v) is 1.39. The molecule has 0 aliphatic rings. The van der Waals surface area contributed by atoms with Crippen LogP contribution in [0.25, 0.3) is 11.1 Å². The van der Waals surface area contributed by atoms with Gasteiger partial charge in [0, 0.05) is 12.1 Å². The van der Waals surface area contributed by atoms with Gasteiger partial charge in [0.2, 0.25) is 5.89 Å². The van der Waals surface area contributed by atoms with Crippen LogP contribution in [-0.4, -0.2) is 9.91 Å². The maximum Gasteiger partial charge on any atom is 0.271 e. The second-order valence-electron chi connectivity index (χ2n) is 2.93. The molecule has 0 saturated heterocycles. The van der Waals surface area contributed by atoms with Gasteiger partial charge in [0.25, 0.3) is 9.48 Å². The third-order valence-electron chi connectivity index (χ3n) is 1.82. The molecule has 2 rings (SSSR count). The summed E-state index contributed by atoms with van der Waals surface area (Å²) in [4.78, 5) is 13.8. The molecule has 0 spiro atoms. The number of nitro groups is 1. The first-order chi connectivity index (χ1) is 7.38. The average Bonchev–Trinajstić information content (AvgIpc) is 2.58. The molecule has 16 heavy (non-hydrogen) atoms. The molecule has 1 aromatic carbocycles. The highest BCUT2D eigenvalue weighted by Crippen LogP contribution is 2.39. The number of rotatable bonds is 1. The molecule has 0 N–H and O–H groups in total. The van der Waals surface area contributed by atoms with Crippen LogP contribution >= 0.6 is 34.8 Å². The van der Waals surface area contributed by atoms with Crippen molar-refractivity contribution in [2.24, 2.45) is 0 Å². The van der Waals surface area contributed by atoms with Gasteiger partial charge in [-0.2, -0.15) is 0 Å². The molecule has 0 aliphatic heterocycles. The van der Waals surface area contributed by atoms with Gasteiger partial charge in [0.05, 0.1) is 4.92 Å². The quantitative estimate of drug-likeness (QED) is 0.455. The number of aromatic nitrogens is 1. The van der Waals surface area contributed by atoms with Crippen molar-refractivity contribution in [3.05, 3.63) is 34.2 Å². The summed E-state index contributed by atoms with van der Waals surface area (Å²) in [6, 6.07) is 3.94. The summed E-state index contributed by atoms with van der Waals surface area (Å²) in [5, 5.41) is 10.5. The normalized spacial score (nSPS) is 11.9. The van der Waals surface area contributed by atoms with Gasteiger partial charge in [-0.05, 0) is 6.07 Å². The second-order valence-corrected chi connectivity index (χ2v) is 5.21. The van der Waals surface area contributed by atoms with Crippen LogP contribution in [0, 0.1) is 10.1 Å². The number of hydrogen-bond acceptors (Lipinski definition) is 4. The average molecular weight is 281 g/mol. The first kappa shape index (κ1) is 11.4. The minimum Gasteiger partial charge on any atom is -0.436 e. The molecule has 0 unspecified atom stereocenters. The Balaban J connectivity index is 2.59. The van der Waals surface area contributed by atoms with Crippen LogP contribution < -0.4 is 0 Å². The lowest BCUT2D eigenvalue weighted by atomic mass is 10.3. The number of benzene rings is 1. The van der Waals surface area contributed by atoms with Gasteiger partial charge in [-0.1, -0.05) is 34.8 Å². The molecule has 0 atom stereocenters. The van der Waals surface area contributed by atoms with Crippen LogP contribution in [0.1, 0.15) is 5.89 Å². The van der Waals surface area contributed by atoms with Crippen molar-refractivity contribution < 1.29 is 9.34 Å². The van der Waals surface area contributed by atoms with E-state index in [4.69, 9.17) is 39.2 Å². The predicted octanol–water partition coefficient (Wildman–Crippen LogP) is 3.56. The van der Waals surface area contributed by atoms with Crippen molar-refractivity contribution in [2.45, 2.75) is 3.79 Å². The molecule has 0 bridgehead atoms. The van der Waals surface area contributed by atoms with Gasteiger partial charge in [-0.15, -0.1) is 0 Å². The van der Waals surface area contributed by atoms with E-state index >= 15 is 0 Å². The van der Waals surface area contributed by atoms with Crippen LogP contribution in [0.3, 0.4) is 0 Å². The molecule has 0 fully saturated rings. The maximum absolute atomic E-state index is 10.5. The number of hydrogen-bond donors (Lipinski definition) is 0. The van der Waals surface area contributed by atoms with Crippen molar-refractivity contribution in [1.29, 1.82) is 0 Å². The van der Waals surface area contributed by atoms with E-state index in [2.05, 4.69) is 4.98 Å². The number of oxazole rings is 1. The van der Waals surface area contributed by atoms with E-state index < -0.39 is 8.72 Å². The maximum atomic E-state index is 10.5. The Morgan fingerprint density at radius 2 is 2.06 bits per heavy atom. The first-order valence-corrected chi connectivity index (χ1v) is 5.13. The highest BCUT2D eigenvalue weighted by atomic mass is 35.6. The van der Waals surface area contributed by atoms with Crippen LogP contribution in [-0.2, 0) is 3.79 Å². The van der Waals surface area contributed by atoms with Crippen molar-refractivity contribution in [1.82, 2.24) is 4.98 Å². The molecule has 1 heterocycles. The Labute approximate surface area is 104 Å². The first-order valence-electron chi connectivity index (χ1n) is 4.00. The monoisotopic (exact) mass is 280 g/mol. The topological polar surface area (TPSA) is 69.2 Å². The summed E-state index contributed by atoms with van der Waals surface area (Å²) in [6.45, 7) is 0. The van der Waals surface area contributed by atoms with Crippen molar-refractivity contribution >= 4 is 51.6 Å². The van der Waals surface area contributed by atoms with Gasteiger partial charge in [-0.25, -0.2) is 4.98 Å². The zero-order valence-electron chi connectivity index (χ0n) is 7.49. The van der Waals surface area contributed by atoms with Crippen LogP contribution in [0.5, 0.6) is 0 Å². The summed E-state index contributed by atoms with van der Waals surface area (Å²) < 4.78 is 3.35. The van der Waals surface area contributed by atoms with Gasteiger partial charge in [0.1, 0.15) is 5.52 Å². The number of fused-ring (bicyclic) bond motifs is 1. The van der Waals surface area contributed by atoms with Crippen LogP contribution in [0.2, 0.25) is 0 Å². The summed E-state index contributed by atoms with van der Waals surface area (Å²) in [7, 11) is 0. The molecule has 0 amide bonds. The number of nitrogens with zero attached hydrogens (tertiary/aromatic N) is 2. The Kier molecular flexibility index (Phi) is 2.69. The van der Waals surface area contributed by atoms with Gasteiger partial charge < -0.3 is 4.42 Å². The van der Waals surface area contributed by atoms with E-state index in [0.717, 1.165) is 0 Å². The molecule has 0 radical (unpaired) electrons. The molecule has 0 saturated carbocycles. The third-order valence-corrected chi connectivity index (χ3v) is 2.31. The summed E-state index contributed by atoms with van der Waals surface area (Å²) >= 11 is 16.7. The lowest BCUT2D eigenvalue weighted by Crippen LogP contribution is -1.99. The third kappa shape index (κ3) is 2.07. The molecule has 1 aromatic heterocycles. The van der Waals surface area contributed by atoms with E-state index in [9.17, 15) is 10.1 Å². The number of halogens is 3.